The zero-order valence-corrected chi connectivity index (χ0v) is 13.2. The van der Waals surface area contributed by atoms with Gasteiger partial charge in [-0.1, -0.05) is 12.1 Å². The maximum atomic E-state index is 12.3. The predicted molar refractivity (Wildman–Crippen MR) is 94.9 cm³/mol. The van der Waals surface area contributed by atoms with E-state index in [4.69, 9.17) is 4.42 Å². The summed E-state index contributed by atoms with van der Waals surface area (Å²) in [7, 11) is 0. The van der Waals surface area contributed by atoms with Crippen molar-refractivity contribution in [2.45, 2.75) is 0 Å². The lowest BCUT2D eigenvalue weighted by Crippen LogP contribution is -2.09. The van der Waals surface area contributed by atoms with Crippen LogP contribution in [-0.2, 0) is 4.79 Å². The van der Waals surface area contributed by atoms with Crippen LogP contribution < -0.4 is 10.7 Å². The minimum absolute atomic E-state index is 0.112. The van der Waals surface area contributed by atoms with E-state index in [1.54, 1.807) is 24.3 Å². The molecular weight excluding hydrogens is 340 g/mol. The maximum Gasteiger partial charge on any atom is 0.271 e. The van der Waals surface area contributed by atoms with Crippen LogP contribution >= 0.6 is 0 Å². The number of anilines is 1. The minimum Gasteiger partial charge on any atom is -0.506 e. The van der Waals surface area contributed by atoms with E-state index in [1.807, 2.05) is 0 Å². The van der Waals surface area contributed by atoms with E-state index in [1.165, 1.54) is 12.3 Å². The fraction of sp³-hybridized carbons (Fsp3) is 0. The number of nitro groups is 1. The number of fused-ring (bicyclic) bond motifs is 1. The number of rotatable bonds is 4. The first-order chi connectivity index (χ1) is 12.5. The van der Waals surface area contributed by atoms with Gasteiger partial charge in [-0.05, 0) is 24.3 Å². The second-order valence-corrected chi connectivity index (χ2v) is 5.30. The molecule has 3 aromatic rings. The topological polar surface area (TPSA) is 123 Å². The third-order valence-electron chi connectivity index (χ3n) is 3.57. The summed E-state index contributed by atoms with van der Waals surface area (Å²) in [5, 5.41) is 23.1. The molecule has 0 aliphatic rings. The zero-order valence-electron chi connectivity index (χ0n) is 13.2. The van der Waals surface area contributed by atoms with Gasteiger partial charge in [0.05, 0.1) is 21.6 Å². The van der Waals surface area contributed by atoms with Crippen molar-refractivity contribution in [3.05, 3.63) is 80.7 Å². The van der Waals surface area contributed by atoms with Crippen molar-refractivity contribution in [1.82, 2.24) is 0 Å². The van der Waals surface area contributed by atoms with Crippen LogP contribution in [-0.4, -0.2) is 15.9 Å². The van der Waals surface area contributed by atoms with E-state index in [0.717, 1.165) is 24.3 Å². The summed E-state index contributed by atoms with van der Waals surface area (Å²) >= 11 is 0. The Bertz CT molecular complexity index is 1100. The number of hydrogen-bond donors (Lipinski definition) is 2. The smallest absolute Gasteiger partial charge is 0.271 e. The van der Waals surface area contributed by atoms with Gasteiger partial charge in [0.25, 0.3) is 5.69 Å². The van der Waals surface area contributed by atoms with Gasteiger partial charge < -0.3 is 14.8 Å². The molecule has 8 heteroatoms. The van der Waals surface area contributed by atoms with Gasteiger partial charge in [-0.15, -0.1) is 0 Å². The number of hydrogen-bond acceptors (Lipinski definition) is 6. The minimum atomic E-state index is -0.673. The molecule has 0 saturated carbocycles. The Morgan fingerprint density at radius 2 is 2.00 bits per heavy atom. The molecule has 3 rings (SSSR count). The summed E-state index contributed by atoms with van der Waals surface area (Å²) in [5.41, 5.74) is -0.0894. The number of phenolic OH excluding ortho intramolecular Hbond substituents is 1. The molecule has 0 fully saturated rings. The Balaban J connectivity index is 1.83. The largest absolute Gasteiger partial charge is 0.506 e. The third-order valence-corrected chi connectivity index (χ3v) is 3.57. The van der Waals surface area contributed by atoms with Crippen molar-refractivity contribution in [3.8, 4) is 5.75 Å². The first kappa shape index (κ1) is 16.9. The second-order valence-electron chi connectivity index (χ2n) is 5.30. The molecule has 1 aromatic heterocycles. The number of phenols is 1. The number of nitrogens with one attached hydrogen (secondary N) is 1. The molecule has 26 heavy (non-hydrogen) atoms. The van der Waals surface area contributed by atoms with Crippen molar-refractivity contribution >= 4 is 34.3 Å². The number of benzene rings is 2. The molecule has 2 N–H and O–H groups in total. The number of carbonyl (C=O) groups excluding carboxylic acids is 1. The van der Waals surface area contributed by atoms with Gasteiger partial charge in [0.2, 0.25) is 5.91 Å². The predicted octanol–water partition coefficient (Wildman–Crippen LogP) is 3.06. The van der Waals surface area contributed by atoms with Crippen molar-refractivity contribution in [3.63, 3.8) is 0 Å². The van der Waals surface area contributed by atoms with Crippen LogP contribution in [0.1, 0.15) is 5.56 Å². The van der Waals surface area contributed by atoms with Gasteiger partial charge >= 0.3 is 0 Å². The molecule has 1 amide bonds. The number of aromatic hydroxyl groups is 1. The highest BCUT2D eigenvalue weighted by Gasteiger charge is 2.12. The number of nitro benzene ring substituents is 1. The highest BCUT2D eigenvalue weighted by atomic mass is 16.6. The Hall–Kier alpha value is -3.94. The van der Waals surface area contributed by atoms with E-state index in [0.29, 0.717) is 11.0 Å². The van der Waals surface area contributed by atoms with E-state index >= 15 is 0 Å². The average Bonchev–Trinajstić information content (AvgIpc) is 2.63. The van der Waals surface area contributed by atoms with Crippen molar-refractivity contribution < 1.29 is 19.2 Å². The van der Waals surface area contributed by atoms with Crippen LogP contribution in [0.4, 0.5) is 11.4 Å². The summed E-state index contributed by atoms with van der Waals surface area (Å²) in [6.07, 6.45) is 3.57. The van der Waals surface area contributed by atoms with Gasteiger partial charge in [-0.3, -0.25) is 19.7 Å². The number of non-ortho nitro benzene ring substituents is 1. The van der Waals surface area contributed by atoms with Crippen LogP contribution in [0, 0.1) is 10.1 Å². The number of carbonyl (C=O) groups is 1. The van der Waals surface area contributed by atoms with Crippen LogP contribution in [0.2, 0.25) is 0 Å². The quantitative estimate of drug-likeness (QED) is 0.322. The molecule has 0 radical (unpaired) electrons. The highest BCUT2D eigenvalue weighted by molar-refractivity contribution is 6.03. The second kappa shape index (κ2) is 6.89. The SMILES string of the molecule is O=C(/C=C/c1coc2ccccc2c1=O)Nc1cc([N+](=O)[O-])ccc1O. The molecule has 0 saturated heterocycles. The molecule has 0 aliphatic carbocycles. The van der Waals surface area contributed by atoms with Crippen LogP contribution in [0.5, 0.6) is 5.75 Å². The molecule has 130 valence electrons. The Kier molecular flexibility index (Phi) is 4.48. The zero-order chi connectivity index (χ0) is 18.7. The molecule has 0 spiro atoms. The highest BCUT2D eigenvalue weighted by Crippen LogP contribution is 2.27. The number of amides is 1. The summed E-state index contributed by atoms with van der Waals surface area (Å²) in [6.45, 7) is 0. The fourth-order valence-electron chi connectivity index (χ4n) is 2.29. The molecular formula is C18H12N2O6. The molecule has 0 bridgehead atoms. The van der Waals surface area contributed by atoms with Crippen LogP contribution in [0.15, 0.2) is 64.0 Å². The van der Waals surface area contributed by atoms with E-state index in [2.05, 4.69) is 5.32 Å². The van der Waals surface area contributed by atoms with Gasteiger partial charge in [0, 0.05) is 18.2 Å². The van der Waals surface area contributed by atoms with Gasteiger partial charge in [0.1, 0.15) is 17.6 Å². The first-order valence-electron chi connectivity index (χ1n) is 7.43. The van der Waals surface area contributed by atoms with Gasteiger partial charge in [-0.2, -0.15) is 0 Å². The molecule has 0 unspecified atom stereocenters. The summed E-state index contributed by atoms with van der Waals surface area (Å²) in [6, 6.07) is 9.95. The van der Waals surface area contributed by atoms with Crippen LogP contribution in [0.25, 0.3) is 17.0 Å². The first-order valence-corrected chi connectivity index (χ1v) is 7.43. The molecule has 0 atom stereocenters. The maximum absolute atomic E-state index is 12.3. The lowest BCUT2D eigenvalue weighted by Gasteiger charge is -2.04. The average molecular weight is 352 g/mol. The van der Waals surface area contributed by atoms with E-state index in [9.17, 15) is 24.8 Å². The third kappa shape index (κ3) is 3.44. The number of nitrogens with zero attached hydrogens (tertiary/aromatic N) is 1. The van der Waals surface area contributed by atoms with Crippen molar-refractivity contribution in [1.29, 1.82) is 0 Å². The van der Waals surface area contributed by atoms with Crippen molar-refractivity contribution in [2.75, 3.05) is 5.32 Å². The standard InChI is InChI=1S/C18H12N2O6/c21-15-7-6-12(20(24)25)9-14(15)19-17(22)8-5-11-10-26-16-4-2-1-3-13(16)18(11)23/h1-10,21H,(H,19,22)/b8-5+. The number of para-hydroxylation sites is 1. The lowest BCUT2D eigenvalue weighted by molar-refractivity contribution is -0.384. The van der Waals surface area contributed by atoms with Crippen molar-refractivity contribution in [2.24, 2.45) is 0 Å². The Morgan fingerprint density at radius 1 is 1.23 bits per heavy atom. The summed E-state index contributed by atoms with van der Waals surface area (Å²) in [4.78, 5) is 34.4. The lowest BCUT2D eigenvalue weighted by atomic mass is 10.1. The van der Waals surface area contributed by atoms with Gasteiger partial charge in [-0.25, -0.2) is 0 Å². The normalized spacial score (nSPS) is 10.9. The summed E-state index contributed by atoms with van der Waals surface area (Å²) < 4.78 is 5.34. The summed E-state index contributed by atoms with van der Waals surface area (Å²) in [5.74, 6) is -0.990. The van der Waals surface area contributed by atoms with E-state index < -0.39 is 10.8 Å². The molecule has 8 nitrogen and oxygen atoms in total. The van der Waals surface area contributed by atoms with E-state index in [-0.39, 0.29) is 28.1 Å². The molecule has 1 heterocycles. The monoisotopic (exact) mass is 352 g/mol. The van der Waals surface area contributed by atoms with Gasteiger partial charge in [0.15, 0.2) is 5.43 Å². The molecule has 0 aliphatic heterocycles. The fourth-order valence-corrected chi connectivity index (χ4v) is 2.29. The Morgan fingerprint density at radius 3 is 2.77 bits per heavy atom. The molecule has 2 aromatic carbocycles. The Labute approximate surface area is 146 Å². The van der Waals surface area contributed by atoms with Crippen LogP contribution in [0.3, 0.4) is 0 Å².